The molecule has 0 radical (unpaired) electrons. The second-order valence-electron chi connectivity index (χ2n) is 8.33. The Morgan fingerprint density at radius 1 is 1.15 bits per heavy atom. The van der Waals surface area contributed by atoms with E-state index in [9.17, 15) is 9.59 Å². The Bertz CT molecular complexity index is 1150. The van der Waals surface area contributed by atoms with Crippen LogP contribution in [0, 0.1) is 0 Å². The molecule has 3 heterocycles. The molecule has 9 heteroatoms. The first-order valence-corrected chi connectivity index (χ1v) is 11.1. The van der Waals surface area contributed by atoms with Gasteiger partial charge in [0.15, 0.2) is 5.60 Å². The van der Waals surface area contributed by atoms with Crippen LogP contribution in [0.15, 0.2) is 67.3 Å². The predicted octanol–water partition coefficient (Wildman–Crippen LogP) is 3.45. The third-order valence-electron chi connectivity index (χ3n) is 5.84. The summed E-state index contributed by atoms with van der Waals surface area (Å²) in [5.41, 5.74) is 1.34. The number of anilines is 1. The molecule has 1 atom stereocenters. The van der Waals surface area contributed by atoms with Crippen LogP contribution < -0.4 is 4.90 Å². The zero-order valence-corrected chi connectivity index (χ0v) is 18.6. The topological polar surface area (TPSA) is 76.9 Å². The van der Waals surface area contributed by atoms with Crippen molar-refractivity contribution in [2.24, 2.45) is 0 Å². The lowest BCUT2D eigenvalue weighted by Gasteiger charge is -2.29. The van der Waals surface area contributed by atoms with Crippen molar-refractivity contribution in [2.75, 3.05) is 37.7 Å². The van der Waals surface area contributed by atoms with Gasteiger partial charge < -0.3 is 18.9 Å². The Kier molecular flexibility index (Phi) is 5.78. The summed E-state index contributed by atoms with van der Waals surface area (Å²) in [7, 11) is 0. The first kappa shape index (κ1) is 21.5. The maximum absolute atomic E-state index is 13.4. The van der Waals surface area contributed by atoms with Gasteiger partial charge in [-0.15, -0.1) is 0 Å². The lowest BCUT2D eigenvalue weighted by atomic mass is 10.0. The Morgan fingerprint density at radius 3 is 2.79 bits per heavy atom. The molecule has 2 aliphatic heterocycles. The highest BCUT2D eigenvalue weighted by atomic mass is 35.5. The number of aromatic nitrogens is 2. The van der Waals surface area contributed by atoms with Crippen LogP contribution in [0.3, 0.4) is 0 Å². The van der Waals surface area contributed by atoms with Crippen LogP contribution in [0.5, 0.6) is 0 Å². The van der Waals surface area contributed by atoms with Gasteiger partial charge in [0.2, 0.25) is 0 Å². The molecule has 2 aromatic carbocycles. The first-order chi connectivity index (χ1) is 16.0. The van der Waals surface area contributed by atoms with Gasteiger partial charge in [-0.1, -0.05) is 23.7 Å². The fraction of sp³-hybridized carbons (Fsp3) is 0.292. The zero-order valence-electron chi connectivity index (χ0n) is 17.9. The summed E-state index contributed by atoms with van der Waals surface area (Å²) in [6, 6.07) is 14.6. The van der Waals surface area contributed by atoms with Crippen LogP contribution in [-0.4, -0.2) is 64.9 Å². The van der Waals surface area contributed by atoms with Crippen LogP contribution in [0.25, 0.3) is 0 Å². The molecule has 1 unspecified atom stereocenters. The van der Waals surface area contributed by atoms with Crippen LogP contribution in [0.1, 0.15) is 15.9 Å². The SMILES string of the molecule is O=C(c1cccc(Cn2ccnc2)c1)N1CCOCC2(C1)CN(c1ccc(Cl)cc1)C(=O)O2. The van der Waals surface area contributed by atoms with E-state index in [0.717, 1.165) is 5.56 Å². The molecule has 1 aromatic heterocycles. The van der Waals surface area contributed by atoms with Gasteiger partial charge in [-0.3, -0.25) is 9.69 Å². The molecule has 1 spiro atoms. The van der Waals surface area contributed by atoms with E-state index < -0.39 is 11.7 Å². The summed E-state index contributed by atoms with van der Waals surface area (Å²) in [5, 5.41) is 0.589. The van der Waals surface area contributed by atoms with E-state index in [0.29, 0.717) is 36.0 Å². The van der Waals surface area contributed by atoms with Crippen molar-refractivity contribution >= 4 is 29.3 Å². The van der Waals surface area contributed by atoms with Gasteiger partial charge in [-0.2, -0.15) is 0 Å². The maximum Gasteiger partial charge on any atom is 0.415 e. The smallest absolute Gasteiger partial charge is 0.415 e. The molecule has 0 saturated carbocycles. The lowest BCUT2D eigenvalue weighted by molar-refractivity contribution is -0.0140. The van der Waals surface area contributed by atoms with Crippen LogP contribution in [0.4, 0.5) is 10.5 Å². The minimum absolute atomic E-state index is 0.117. The molecule has 2 saturated heterocycles. The van der Waals surface area contributed by atoms with Crippen LogP contribution in [0.2, 0.25) is 5.02 Å². The molecule has 33 heavy (non-hydrogen) atoms. The van der Waals surface area contributed by atoms with E-state index in [2.05, 4.69) is 4.98 Å². The predicted molar refractivity (Wildman–Crippen MR) is 123 cm³/mol. The molecule has 170 valence electrons. The number of ether oxygens (including phenoxy) is 2. The highest BCUT2D eigenvalue weighted by Crippen LogP contribution is 2.31. The number of carbonyl (C=O) groups excluding carboxylic acids is 2. The number of amides is 2. The average Bonchev–Trinajstić information content (AvgIpc) is 3.38. The summed E-state index contributed by atoms with van der Waals surface area (Å²) in [5.74, 6) is -0.117. The molecular weight excluding hydrogens is 444 g/mol. The van der Waals surface area contributed by atoms with Crippen molar-refractivity contribution in [1.29, 1.82) is 0 Å². The van der Waals surface area contributed by atoms with E-state index >= 15 is 0 Å². The fourth-order valence-electron chi connectivity index (χ4n) is 4.26. The fourth-order valence-corrected chi connectivity index (χ4v) is 4.38. The number of imidazole rings is 1. The highest BCUT2D eigenvalue weighted by Gasteiger charge is 2.49. The lowest BCUT2D eigenvalue weighted by Crippen LogP contribution is -2.49. The minimum atomic E-state index is -0.933. The van der Waals surface area contributed by atoms with E-state index in [1.54, 1.807) is 52.7 Å². The Morgan fingerprint density at radius 2 is 2.00 bits per heavy atom. The van der Waals surface area contributed by atoms with Crippen molar-refractivity contribution in [3.05, 3.63) is 83.4 Å². The van der Waals surface area contributed by atoms with E-state index in [4.69, 9.17) is 21.1 Å². The number of hydrogen-bond donors (Lipinski definition) is 0. The number of halogens is 1. The summed E-state index contributed by atoms with van der Waals surface area (Å²) in [4.78, 5) is 33.4. The second kappa shape index (κ2) is 8.88. The normalized spacial score (nSPS) is 20.7. The van der Waals surface area contributed by atoms with E-state index in [1.165, 1.54) is 0 Å². The third-order valence-corrected chi connectivity index (χ3v) is 6.10. The summed E-state index contributed by atoms with van der Waals surface area (Å²) < 4.78 is 13.5. The number of benzene rings is 2. The number of carbonyl (C=O) groups is 2. The number of hydrogen-bond acceptors (Lipinski definition) is 5. The van der Waals surface area contributed by atoms with Gasteiger partial charge in [0.05, 0.1) is 32.6 Å². The van der Waals surface area contributed by atoms with Gasteiger partial charge in [0.25, 0.3) is 5.91 Å². The van der Waals surface area contributed by atoms with Crippen molar-refractivity contribution in [1.82, 2.24) is 14.5 Å². The van der Waals surface area contributed by atoms with Gasteiger partial charge in [-0.05, 0) is 42.0 Å². The number of rotatable bonds is 4. The summed E-state index contributed by atoms with van der Waals surface area (Å²) >= 11 is 5.98. The van der Waals surface area contributed by atoms with E-state index in [1.807, 2.05) is 29.0 Å². The molecule has 0 N–H and O–H groups in total. The quantitative estimate of drug-likeness (QED) is 0.588. The Balaban J connectivity index is 1.34. The van der Waals surface area contributed by atoms with Crippen molar-refractivity contribution < 1.29 is 19.1 Å². The maximum atomic E-state index is 13.4. The first-order valence-electron chi connectivity index (χ1n) is 10.7. The van der Waals surface area contributed by atoms with Gasteiger partial charge >= 0.3 is 6.09 Å². The molecule has 0 bridgehead atoms. The van der Waals surface area contributed by atoms with Gasteiger partial charge in [0, 0.05) is 41.8 Å². The molecule has 2 aliphatic rings. The monoisotopic (exact) mass is 466 g/mol. The molecule has 8 nitrogen and oxygen atoms in total. The summed E-state index contributed by atoms with van der Waals surface area (Å²) in [6.45, 7) is 2.20. The standard InChI is InChI=1S/C24H23ClN4O4/c25-20-4-6-21(7-5-20)29-15-24(33-23(29)31)14-28(10-11-32-16-24)22(30)19-3-1-2-18(12-19)13-27-9-8-26-17-27/h1-9,12,17H,10-11,13-16H2. The van der Waals surface area contributed by atoms with Crippen molar-refractivity contribution in [2.45, 2.75) is 12.1 Å². The molecule has 2 fully saturated rings. The highest BCUT2D eigenvalue weighted by molar-refractivity contribution is 6.30. The molecule has 5 rings (SSSR count). The van der Waals surface area contributed by atoms with Crippen molar-refractivity contribution in [3.63, 3.8) is 0 Å². The number of nitrogens with zero attached hydrogens (tertiary/aromatic N) is 4. The van der Waals surface area contributed by atoms with Crippen LogP contribution in [-0.2, 0) is 16.0 Å². The molecule has 0 aliphatic carbocycles. The molecule has 2 amide bonds. The van der Waals surface area contributed by atoms with Crippen LogP contribution >= 0.6 is 11.6 Å². The zero-order chi connectivity index (χ0) is 22.8. The van der Waals surface area contributed by atoms with Gasteiger partial charge in [0.1, 0.15) is 0 Å². The third kappa shape index (κ3) is 4.58. The van der Waals surface area contributed by atoms with E-state index in [-0.39, 0.29) is 25.6 Å². The molecule has 3 aromatic rings. The average molecular weight is 467 g/mol. The minimum Gasteiger partial charge on any atom is -0.436 e. The molecular formula is C24H23ClN4O4. The van der Waals surface area contributed by atoms with Crippen molar-refractivity contribution in [3.8, 4) is 0 Å². The van der Waals surface area contributed by atoms with Gasteiger partial charge in [-0.25, -0.2) is 9.78 Å². The second-order valence-corrected chi connectivity index (χ2v) is 8.76. The largest absolute Gasteiger partial charge is 0.436 e. The Hall–Kier alpha value is -3.36. The summed E-state index contributed by atoms with van der Waals surface area (Å²) in [6.07, 6.45) is 4.89. The Labute approximate surface area is 196 Å².